The summed E-state index contributed by atoms with van der Waals surface area (Å²) in [6, 6.07) is 18.3. The molecule has 2 aromatic carbocycles. The fraction of sp³-hybridized carbons (Fsp3) is 0.350. The first-order chi connectivity index (χ1) is 11.8. The van der Waals surface area contributed by atoms with Crippen LogP contribution in [-0.2, 0) is 13.1 Å². The Morgan fingerprint density at radius 1 is 0.958 bits per heavy atom. The van der Waals surface area contributed by atoms with Gasteiger partial charge in [0.05, 0.1) is 19.3 Å². The molecular formula is C20H24N2O2. The molecule has 0 heterocycles. The van der Waals surface area contributed by atoms with Crippen LogP contribution < -0.4 is 14.8 Å². The summed E-state index contributed by atoms with van der Waals surface area (Å²) in [5, 5.41) is 12.0. The average molecular weight is 324 g/mol. The van der Waals surface area contributed by atoms with Gasteiger partial charge in [-0.05, 0) is 48.7 Å². The van der Waals surface area contributed by atoms with E-state index in [0.29, 0.717) is 19.6 Å². The van der Waals surface area contributed by atoms with E-state index < -0.39 is 0 Å². The van der Waals surface area contributed by atoms with E-state index in [2.05, 4.69) is 29.6 Å². The van der Waals surface area contributed by atoms with Gasteiger partial charge in [-0.25, -0.2) is 0 Å². The SMILES string of the molecule is CCOc1cccc(CNCc2cccc(OCCCC#N)c2)c1. The van der Waals surface area contributed by atoms with Gasteiger partial charge in [0.15, 0.2) is 0 Å². The summed E-state index contributed by atoms with van der Waals surface area (Å²) in [4.78, 5) is 0. The van der Waals surface area contributed by atoms with Crippen molar-refractivity contribution in [2.24, 2.45) is 0 Å². The number of hydrogen-bond acceptors (Lipinski definition) is 4. The summed E-state index contributed by atoms with van der Waals surface area (Å²) in [5.41, 5.74) is 2.37. The molecule has 0 unspecified atom stereocenters. The van der Waals surface area contributed by atoms with E-state index in [1.54, 1.807) is 0 Å². The highest BCUT2D eigenvalue weighted by Crippen LogP contribution is 2.15. The fourth-order valence-corrected chi connectivity index (χ4v) is 2.35. The Kier molecular flexibility index (Phi) is 7.66. The normalized spacial score (nSPS) is 10.2. The van der Waals surface area contributed by atoms with Crippen molar-refractivity contribution < 1.29 is 9.47 Å². The third kappa shape index (κ3) is 6.31. The lowest BCUT2D eigenvalue weighted by Crippen LogP contribution is -2.12. The number of unbranched alkanes of at least 4 members (excludes halogenated alkanes) is 1. The zero-order valence-corrected chi connectivity index (χ0v) is 14.1. The maximum absolute atomic E-state index is 8.52. The van der Waals surface area contributed by atoms with E-state index in [1.807, 2.05) is 37.3 Å². The molecule has 0 saturated heterocycles. The molecule has 24 heavy (non-hydrogen) atoms. The maximum atomic E-state index is 8.52. The van der Waals surface area contributed by atoms with Crippen LogP contribution in [0.4, 0.5) is 0 Å². The molecule has 0 aliphatic heterocycles. The van der Waals surface area contributed by atoms with Gasteiger partial charge in [0.1, 0.15) is 11.5 Å². The summed E-state index contributed by atoms with van der Waals surface area (Å²) < 4.78 is 11.2. The Morgan fingerprint density at radius 3 is 2.17 bits per heavy atom. The Hall–Kier alpha value is -2.51. The lowest BCUT2D eigenvalue weighted by atomic mass is 10.2. The lowest BCUT2D eigenvalue weighted by Gasteiger charge is -2.09. The molecule has 0 bridgehead atoms. The van der Waals surface area contributed by atoms with Crippen molar-refractivity contribution in [2.45, 2.75) is 32.9 Å². The van der Waals surface area contributed by atoms with Crippen molar-refractivity contribution in [1.29, 1.82) is 5.26 Å². The van der Waals surface area contributed by atoms with Crippen molar-refractivity contribution >= 4 is 0 Å². The third-order valence-electron chi connectivity index (χ3n) is 3.47. The van der Waals surface area contributed by atoms with Crippen LogP contribution in [0.15, 0.2) is 48.5 Å². The Morgan fingerprint density at radius 2 is 1.58 bits per heavy atom. The molecular weight excluding hydrogens is 300 g/mol. The number of benzene rings is 2. The number of rotatable bonds is 10. The Labute approximate surface area is 144 Å². The van der Waals surface area contributed by atoms with Gasteiger partial charge >= 0.3 is 0 Å². The zero-order valence-electron chi connectivity index (χ0n) is 14.1. The van der Waals surface area contributed by atoms with Gasteiger partial charge in [-0.1, -0.05) is 24.3 Å². The number of nitriles is 1. The second-order valence-corrected chi connectivity index (χ2v) is 5.44. The number of nitrogens with one attached hydrogen (secondary N) is 1. The fourth-order valence-electron chi connectivity index (χ4n) is 2.35. The lowest BCUT2D eigenvalue weighted by molar-refractivity contribution is 0.312. The molecule has 4 nitrogen and oxygen atoms in total. The van der Waals surface area contributed by atoms with Gasteiger partial charge in [-0.2, -0.15) is 5.26 Å². The highest BCUT2D eigenvalue weighted by molar-refractivity contribution is 5.30. The van der Waals surface area contributed by atoms with Crippen LogP contribution in [0.1, 0.15) is 30.9 Å². The quantitative estimate of drug-likeness (QED) is 0.670. The minimum Gasteiger partial charge on any atom is -0.494 e. The molecule has 2 aromatic rings. The van der Waals surface area contributed by atoms with Crippen LogP contribution in [0.2, 0.25) is 0 Å². The van der Waals surface area contributed by atoms with E-state index in [0.717, 1.165) is 31.0 Å². The molecule has 2 rings (SSSR count). The van der Waals surface area contributed by atoms with E-state index in [-0.39, 0.29) is 0 Å². The molecule has 0 aliphatic rings. The highest BCUT2D eigenvalue weighted by Gasteiger charge is 1.99. The van der Waals surface area contributed by atoms with E-state index >= 15 is 0 Å². The van der Waals surface area contributed by atoms with E-state index in [4.69, 9.17) is 14.7 Å². The molecule has 0 radical (unpaired) electrons. The maximum Gasteiger partial charge on any atom is 0.119 e. The molecule has 0 amide bonds. The minimum atomic E-state index is 0.530. The molecule has 0 atom stereocenters. The molecule has 1 N–H and O–H groups in total. The average Bonchev–Trinajstić information content (AvgIpc) is 2.60. The van der Waals surface area contributed by atoms with E-state index in [9.17, 15) is 0 Å². The first kappa shape index (κ1) is 17.8. The van der Waals surface area contributed by atoms with Crippen LogP contribution in [0.25, 0.3) is 0 Å². The number of ether oxygens (including phenoxy) is 2. The predicted molar refractivity (Wildman–Crippen MR) is 94.9 cm³/mol. The largest absolute Gasteiger partial charge is 0.494 e. The Balaban J connectivity index is 1.79. The standard InChI is InChI=1S/C20H24N2O2/c1-2-23-19-9-5-7-17(13-19)15-22-16-18-8-6-10-20(14-18)24-12-4-3-11-21/h5-10,13-14,22H,2-4,12,15-16H2,1H3. The summed E-state index contributed by atoms with van der Waals surface area (Å²) >= 11 is 0. The first-order valence-corrected chi connectivity index (χ1v) is 8.33. The monoisotopic (exact) mass is 324 g/mol. The van der Waals surface area contributed by atoms with Gasteiger partial charge in [0.2, 0.25) is 0 Å². The molecule has 0 saturated carbocycles. The molecule has 126 valence electrons. The van der Waals surface area contributed by atoms with Crippen molar-refractivity contribution in [3.8, 4) is 17.6 Å². The van der Waals surface area contributed by atoms with Crippen LogP contribution in [0.3, 0.4) is 0 Å². The topological polar surface area (TPSA) is 54.3 Å². The van der Waals surface area contributed by atoms with Gasteiger partial charge < -0.3 is 14.8 Å². The first-order valence-electron chi connectivity index (χ1n) is 8.33. The molecule has 0 aromatic heterocycles. The number of hydrogen-bond donors (Lipinski definition) is 1. The third-order valence-corrected chi connectivity index (χ3v) is 3.47. The minimum absolute atomic E-state index is 0.530. The second kappa shape index (κ2) is 10.3. The van der Waals surface area contributed by atoms with Crippen LogP contribution in [0.5, 0.6) is 11.5 Å². The predicted octanol–water partition coefficient (Wildman–Crippen LogP) is 4.06. The van der Waals surface area contributed by atoms with Crippen LogP contribution in [0, 0.1) is 11.3 Å². The summed E-state index contributed by atoms with van der Waals surface area (Å²) in [6.45, 7) is 4.80. The Bertz CT molecular complexity index is 665. The van der Waals surface area contributed by atoms with Crippen molar-refractivity contribution in [1.82, 2.24) is 5.32 Å². The zero-order chi connectivity index (χ0) is 17.0. The molecule has 0 aliphatic carbocycles. The smallest absolute Gasteiger partial charge is 0.119 e. The van der Waals surface area contributed by atoms with Gasteiger partial charge in [0, 0.05) is 19.5 Å². The van der Waals surface area contributed by atoms with Gasteiger partial charge in [-0.15, -0.1) is 0 Å². The van der Waals surface area contributed by atoms with Crippen molar-refractivity contribution in [3.05, 3.63) is 59.7 Å². The molecule has 0 spiro atoms. The molecule has 0 fully saturated rings. The molecule has 4 heteroatoms. The number of nitrogens with zero attached hydrogens (tertiary/aromatic N) is 1. The summed E-state index contributed by atoms with van der Waals surface area (Å²) in [7, 11) is 0. The van der Waals surface area contributed by atoms with E-state index in [1.165, 1.54) is 11.1 Å². The van der Waals surface area contributed by atoms with Crippen molar-refractivity contribution in [2.75, 3.05) is 13.2 Å². The van der Waals surface area contributed by atoms with Gasteiger partial charge in [-0.3, -0.25) is 0 Å². The highest BCUT2D eigenvalue weighted by atomic mass is 16.5. The van der Waals surface area contributed by atoms with Crippen LogP contribution >= 0.6 is 0 Å². The van der Waals surface area contributed by atoms with Crippen LogP contribution in [-0.4, -0.2) is 13.2 Å². The summed E-state index contributed by atoms with van der Waals surface area (Å²) in [5.74, 6) is 1.76. The van der Waals surface area contributed by atoms with Crippen molar-refractivity contribution in [3.63, 3.8) is 0 Å². The second-order valence-electron chi connectivity index (χ2n) is 5.44. The summed E-state index contributed by atoms with van der Waals surface area (Å²) in [6.07, 6.45) is 1.29. The van der Waals surface area contributed by atoms with Gasteiger partial charge in [0.25, 0.3) is 0 Å².